The highest BCUT2D eigenvalue weighted by Crippen LogP contribution is 2.26. The van der Waals surface area contributed by atoms with Gasteiger partial charge in [0.15, 0.2) is 0 Å². The van der Waals surface area contributed by atoms with Crippen molar-refractivity contribution in [1.82, 2.24) is 4.72 Å². The van der Waals surface area contributed by atoms with E-state index < -0.39 is 22.9 Å². The van der Waals surface area contributed by atoms with Gasteiger partial charge in [-0.05, 0) is 18.2 Å². The maximum Gasteiger partial charge on any atom is 0.402 e. The van der Waals surface area contributed by atoms with Crippen LogP contribution >= 0.6 is 11.6 Å². The average Bonchev–Trinajstić information content (AvgIpc) is 2.20. The van der Waals surface area contributed by atoms with Crippen molar-refractivity contribution in [3.8, 4) is 5.75 Å². The van der Waals surface area contributed by atoms with E-state index in [1.807, 2.05) is 4.72 Å². The minimum Gasteiger partial charge on any atom is -0.506 e. The first-order valence-corrected chi connectivity index (χ1v) is 6.28. The van der Waals surface area contributed by atoms with E-state index >= 15 is 0 Å². The molecule has 0 fully saturated rings. The van der Waals surface area contributed by atoms with Gasteiger partial charge < -0.3 is 5.11 Å². The van der Waals surface area contributed by atoms with Crippen molar-refractivity contribution in [2.75, 3.05) is 11.3 Å². The number of rotatable bonds is 4. The molecule has 0 spiro atoms. The molecule has 0 saturated carbocycles. The molecule has 5 nitrogen and oxygen atoms in total. The molecule has 1 rings (SSSR count). The molecule has 0 radical (unpaired) electrons. The zero-order chi connectivity index (χ0) is 14.0. The molecular weight excluding hydrogens is 297 g/mol. The van der Waals surface area contributed by atoms with Crippen LogP contribution in [-0.2, 0) is 10.2 Å². The fourth-order valence-corrected chi connectivity index (χ4v) is 1.98. The third-order valence-corrected chi connectivity index (χ3v) is 2.99. The van der Waals surface area contributed by atoms with E-state index in [0.29, 0.717) is 0 Å². The lowest BCUT2D eigenvalue weighted by atomic mass is 10.3. The highest BCUT2D eigenvalue weighted by Gasteiger charge is 2.29. The van der Waals surface area contributed by atoms with Gasteiger partial charge in [0, 0.05) is 0 Å². The SMILES string of the molecule is O=S(=O)(NCC(F)(F)F)Nc1ccc(O)c(Cl)c1. The Labute approximate surface area is 106 Å². The van der Waals surface area contributed by atoms with E-state index in [4.69, 9.17) is 16.7 Å². The van der Waals surface area contributed by atoms with Gasteiger partial charge in [-0.1, -0.05) is 11.6 Å². The maximum absolute atomic E-state index is 11.8. The Balaban J connectivity index is 2.74. The Hall–Kier alpha value is -1.19. The molecule has 3 N–H and O–H groups in total. The summed E-state index contributed by atoms with van der Waals surface area (Å²) in [6, 6.07) is 3.31. The quantitative estimate of drug-likeness (QED) is 0.743. The Bertz CT molecular complexity index is 533. The Morgan fingerprint density at radius 3 is 2.44 bits per heavy atom. The summed E-state index contributed by atoms with van der Waals surface area (Å²) >= 11 is 5.51. The summed E-state index contributed by atoms with van der Waals surface area (Å²) in [6.45, 7) is -1.69. The standard InChI is InChI=1S/C8H8ClF3N2O3S/c9-6-3-5(1-2-7(6)15)14-18(16,17)13-4-8(10,11)12/h1-3,13-15H,4H2. The lowest BCUT2D eigenvalue weighted by Gasteiger charge is -2.11. The number of alkyl halides is 3. The topological polar surface area (TPSA) is 78.4 Å². The number of nitrogens with one attached hydrogen (secondary N) is 2. The Morgan fingerprint density at radius 2 is 1.94 bits per heavy atom. The van der Waals surface area contributed by atoms with Gasteiger partial charge in [-0.15, -0.1) is 0 Å². The van der Waals surface area contributed by atoms with Crippen LogP contribution in [0.5, 0.6) is 5.75 Å². The smallest absolute Gasteiger partial charge is 0.402 e. The summed E-state index contributed by atoms with van der Waals surface area (Å²) < 4.78 is 61.1. The van der Waals surface area contributed by atoms with Crippen molar-refractivity contribution < 1.29 is 26.7 Å². The number of phenols is 1. The summed E-state index contributed by atoms with van der Waals surface area (Å²) in [5.41, 5.74) is -0.0764. The predicted octanol–water partition coefficient (Wildman–Crippen LogP) is 1.85. The average molecular weight is 305 g/mol. The first-order valence-electron chi connectivity index (χ1n) is 4.42. The molecule has 1 aromatic carbocycles. The van der Waals surface area contributed by atoms with Gasteiger partial charge in [0.1, 0.15) is 12.3 Å². The molecule has 0 atom stereocenters. The number of anilines is 1. The maximum atomic E-state index is 11.8. The second-order valence-corrected chi connectivity index (χ2v) is 5.11. The van der Waals surface area contributed by atoms with E-state index in [-0.39, 0.29) is 16.5 Å². The first kappa shape index (κ1) is 14.9. The van der Waals surface area contributed by atoms with E-state index in [1.165, 1.54) is 4.72 Å². The normalized spacial score (nSPS) is 12.4. The number of halogens is 4. The molecule has 1 aromatic rings. The lowest BCUT2D eigenvalue weighted by molar-refractivity contribution is -0.121. The van der Waals surface area contributed by atoms with Gasteiger partial charge in [0.2, 0.25) is 0 Å². The molecule has 0 aliphatic heterocycles. The second-order valence-electron chi connectivity index (χ2n) is 3.21. The minimum atomic E-state index is -4.65. The van der Waals surface area contributed by atoms with Crippen molar-refractivity contribution in [1.29, 1.82) is 0 Å². The molecule has 0 amide bonds. The van der Waals surface area contributed by atoms with E-state index in [9.17, 15) is 21.6 Å². The molecular formula is C8H8ClF3N2O3S. The van der Waals surface area contributed by atoms with Crippen molar-refractivity contribution in [2.45, 2.75) is 6.18 Å². The monoisotopic (exact) mass is 304 g/mol. The number of benzene rings is 1. The molecule has 0 unspecified atom stereocenters. The van der Waals surface area contributed by atoms with E-state index in [0.717, 1.165) is 18.2 Å². The van der Waals surface area contributed by atoms with Crippen LogP contribution < -0.4 is 9.44 Å². The summed E-state index contributed by atoms with van der Waals surface area (Å²) in [7, 11) is -4.36. The van der Waals surface area contributed by atoms with E-state index in [2.05, 4.69) is 0 Å². The molecule has 18 heavy (non-hydrogen) atoms. The van der Waals surface area contributed by atoms with E-state index in [1.54, 1.807) is 0 Å². The van der Waals surface area contributed by atoms with Crippen LogP contribution in [0.15, 0.2) is 18.2 Å². The Kier molecular flexibility index (Phi) is 4.30. The first-order chi connectivity index (χ1) is 8.09. The van der Waals surface area contributed by atoms with Crippen molar-refractivity contribution in [2.24, 2.45) is 0 Å². The zero-order valence-electron chi connectivity index (χ0n) is 8.62. The van der Waals surface area contributed by atoms with Gasteiger partial charge in [0.05, 0.1) is 10.7 Å². The molecule has 0 aliphatic carbocycles. The summed E-state index contributed by atoms with van der Waals surface area (Å²) in [5.74, 6) is -0.275. The van der Waals surface area contributed by atoms with Gasteiger partial charge in [0.25, 0.3) is 10.2 Å². The van der Waals surface area contributed by atoms with Crippen molar-refractivity contribution in [3.05, 3.63) is 23.2 Å². The molecule has 0 bridgehead atoms. The third-order valence-electron chi connectivity index (χ3n) is 1.66. The van der Waals surface area contributed by atoms with Crippen molar-refractivity contribution in [3.63, 3.8) is 0 Å². The summed E-state index contributed by atoms with van der Waals surface area (Å²) in [4.78, 5) is 0. The van der Waals surface area contributed by atoms with Crippen LogP contribution in [-0.4, -0.2) is 26.2 Å². The molecule has 0 aliphatic rings. The number of phenolic OH excluding ortho intramolecular Hbond substituents is 1. The van der Waals surface area contributed by atoms with Gasteiger partial charge >= 0.3 is 6.18 Å². The predicted molar refractivity (Wildman–Crippen MR) is 59.7 cm³/mol. The minimum absolute atomic E-state index is 0.0764. The van der Waals surface area contributed by atoms with Gasteiger partial charge in [-0.25, -0.2) is 0 Å². The fraction of sp³-hybridized carbons (Fsp3) is 0.250. The van der Waals surface area contributed by atoms with Crippen LogP contribution in [0.3, 0.4) is 0 Å². The van der Waals surface area contributed by atoms with Crippen LogP contribution in [0.25, 0.3) is 0 Å². The van der Waals surface area contributed by atoms with Crippen LogP contribution in [0.4, 0.5) is 18.9 Å². The molecule has 102 valence electrons. The molecule has 0 heterocycles. The Morgan fingerprint density at radius 1 is 1.33 bits per heavy atom. The number of hydrogen-bond donors (Lipinski definition) is 3. The van der Waals surface area contributed by atoms with Crippen LogP contribution in [0.1, 0.15) is 0 Å². The summed E-state index contributed by atoms with van der Waals surface area (Å²) in [6.07, 6.45) is -4.65. The second kappa shape index (κ2) is 5.21. The summed E-state index contributed by atoms with van der Waals surface area (Å²) in [5, 5.41) is 8.95. The zero-order valence-corrected chi connectivity index (χ0v) is 10.2. The van der Waals surface area contributed by atoms with Crippen LogP contribution in [0, 0.1) is 0 Å². The third kappa shape index (κ3) is 4.98. The highest BCUT2D eigenvalue weighted by atomic mass is 35.5. The van der Waals surface area contributed by atoms with Gasteiger partial charge in [-0.2, -0.15) is 26.3 Å². The lowest BCUT2D eigenvalue weighted by Crippen LogP contribution is -2.37. The molecule has 0 aromatic heterocycles. The van der Waals surface area contributed by atoms with Gasteiger partial charge in [-0.3, -0.25) is 4.72 Å². The molecule has 0 saturated heterocycles. The van der Waals surface area contributed by atoms with Crippen LogP contribution in [0.2, 0.25) is 5.02 Å². The highest BCUT2D eigenvalue weighted by molar-refractivity contribution is 7.90. The largest absolute Gasteiger partial charge is 0.506 e. The fourth-order valence-electron chi connectivity index (χ4n) is 0.938. The number of aromatic hydroxyl groups is 1. The number of hydrogen-bond acceptors (Lipinski definition) is 3. The molecule has 10 heteroatoms. The van der Waals surface area contributed by atoms with Crippen molar-refractivity contribution >= 4 is 27.5 Å².